The van der Waals surface area contributed by atoms with Crippen molar-refractivity contribution in [3.63, 3.8) is 0 Å². The second kappa shape index (κ2) is 10.7. The molecule has 0 spiro atoms. The van der Waals surface area contributed by atoms with Gasteiger partial charge in [-0.3, -0.25) is 0 Å². The van der Waals surface area contributed by atoms with Crippen LogP contribution in [-0.2, 0) is 6.61 Å². The lowest BCUT2D eigenvalue weighted by Gasteiger charge is -2.32. The molecule has 1 aliphatic heterocycles. The lowest BCUT2D eigenvalue weighted by Crippen LogP contribution is -2.35. The van der Waals surface area contributed by atoms with Gasteiger partial charge in [-0.2, -0.15) is 5.10 Å². The van der Waals surface area contributed by atoms with E-state index >= 15 is 0 Å². The molecule has 2 fully saturated rings. The van der Waals surface area contributed by atoms with Crippen LogP contribution in [0.5, 0.6) is 5.75 Å². The zero-order valence-corrected chi connectivity index (χ0v) is 20.7. The number of ether oxygens (including phenoxy) is 1. The molecule has 7 heteroatoms. The Balaban J connectivity index is 1.27. The lowest BCUT2D eigenvalue weighted by atomic mass is 10.0. The van der Waals surface area contributed by atoms with Crippen molar-refractivity contribution in [3.05, 3.63) is 79.0 Å². The first kappa shape index (κ1) is 23.0. The highest BCUT2D eigenvalue weighted by molar-refractivity contribution is 5.75. The first-order valence-corrected chi connectivity index (χ1v) is 13.3. The van der Waals surface area contributed by atoms with E-state index < -0.39 is 0 Å². The molecule has 2 unspecified atom stereocenters. The number of hydrogen-bond donors (Lipinski definition) is 0. The van der Waals surface area contributed by atoms with Crippen LogP contribution in [0.25, 0.3) is 5.52 Å². The number of nitrogens with zero attached hydrogens (tertiary/aromatic N) is 6. The van der Waals surface area contributed by atoms with Crippen LogP contribution in [0, 0.1) is 5.92 Å². The number of aromatic nitrogens is 4. The summed E-state index contributed by atoms with van der Waals surface area (Å²) in [6.45, 7) is 4.28. The van der Waals surface area contributed by atoms with Gasteiger partial charge in [-0.05, 0) is 68.8 Å². The standard InChI is InChI=1S/C29H34N6O/c1-3-8-23(9-4-1)20-36-27-11-7-10-25(17-27)35(29-28-18-30-22-34(28)32-21-31-29)26-13-12-24(16-26)19-33-14-5-2-6-15-33/h1,3-4,7-11,17-18,21-22,24,26H,2,5-6,12-16,19-20H2. The van der Waals surface area contributed by atoms with Gasteiger partial charge in [-0.15, -0.1) is 0 Å². The van der Waals surface area contributed by atoms with Crippen molar-refractivity contribution in [2.75, 3.05) is 24.5 Å². The van der Waals surface area contributed by atoms with Gasteiger partial charge >= 0.3 is 0 Å². The second-order valence-corrected chi connectivity index (χ2v) is 10.1. The Morgan fingerprint density at radius 3 is 2.75 bits per heavy atom. The molecule has 1 saturated carbocycles. The molecule has 3 heterocycles. The van der Waals surface area contributed by atoms with E-state index in [0.717, 1.165) is 47.1 Å². The number of piperidine rings is 1. The van der Waals surface area contributed by atoms with Crippen molar-refractivity contribution in [1.29, 1.82) is 0 Å². The van der Waals surface area contributed by atoms with Crippen molar-refractivity contribution < 1.29 is 4.74 Å². The quantitative estimate of drug-likeness (QED) is 0.331. The smallest absolute Gasteiger partial charge is 0.162 e. The minimum Gasteiger partial charge on any atom is -0.489 e. The molecule has 6 rings (SSSR count). The highest BCUT2D eigenvalue weighted by Gasteiger charge is 2.33. The largest absolute Gasteiger partial charge is 0.489 e. The maximum Gasteiger partial charge on any atom is 0.162 e. The molecular weight excluding hydrogens is 448 g/mol. The lowest BCUT2D eigenvalue weighted by molar-refractivity contribution is 0.196. The predicted molar refractivity (Wildman–Crippen MR) is 142 cm³/mol. The monoisotopic (exact) mass is 482 g/mol. The van der Waals surface area contributed by atoms with Crippen molar-refractivity contribution in [2.24, 2.45) is 5.92 Å². The van der Waals surface area contributed by atoms with Crippen LogP contribution in [0.3, 0.4) is 0 Å². The highest BCUT2D eigenvalue weighted by Crippen LogP contribution is 2.39. The molecule has 36 heavy (non-hydrogen) atoms. The molecule has 0 amide bonds. The number of fused-ring (bicyclic) bond motifs is 1. The van der Waals surface area contributed by atoms with Gasteiger partial charge in [0.2, 0.25) is 0 Å². The predicted octanol–water partition coefficient (Wildman–Crippen LogP) is 5.50. The van der Waals surface area contributed by atoms with Gasteiger partial charge in [0.25, 0.3) is 0 Å². The Labute approximate surface area is 212 Å². The minimum absolute atomic E-state index is 0.373. The minimum atomic E-state index is 0.373. The molecular formula is C29H34N6O. The van der Waals surface area contributed by atoms with Crippen LogP contribution in [0.15, 0.2) is 73.4 Å². The van der Waals surface area contributed by atoms with Crippen molar-refractivity contribution >= 4 is 17.0 Å². The zero-order valence-electron chi connectivity index (χ0n) is 20.7. The molecule has 2 aromatic heterocycles. The molecule has 7 nitrogen and oxygen atoms in total. The SMILES string of the molecule is c1ccc(COc2cccc(N(c3ncnn4cncc34)C3CCC(CN4CCCCC4)C3)c2)cc1. The fraction of sp³-hybridized carbons (Fsp3) is 0.414. The van der Waals surface area contributed by atoms with Crippen molar-refractivity contribution in [1.82, 2.24) is 24.5 Å². The summed E-state index contributed by atoms with van der Waals surface area (Å²) in [7, 11) is 0. The van der Waals surface area contributed by atoms with Crippen molar-refractivity contribution in [2.45, 2.75) is 51.2 Å². The Morgan fingerprint density at radius 1 is 0.972 bits per heavy atom. The molecule has 2 aromatic carbocycles. The van der Waals surface area contributed by atoms with Crippen LogP contribution in [-0.4, -0.2) is 50.2 Å². The van der Waals surface area contributed by atoms with Gasteiger partial charge in [-0.25, -0.2) is 14.5 Å². The molecule has 2 atom stereocenters. The van der Waals surface area contributed by atoms with E-state index in [1.54, 1.807) is 12.7 Å². The van der Waals surface area contributed by atoms with Gasteiger partial charge in [0.15, 0.2) is 5.82 Å². The van der Waals surface area contributed by atoms with Crippen LogP contribution < -0.4 is 9.64 Å². The molecule has 4 aromatic rings. The summed E-state index contributed by atoms with van der Waals surface area (Å²) >= 11 is 0. The summed E-state index contributed by atoms with van der Waals surface area (Å²) in [5.74, 6) is 2.49. The van der Waals surface area contributed by atoms with E-state index in [1.165, 1.54) is 45.3 Å². The molecule has 1 saturated heterocycles. The van der Waals surface area contributed by atoms with E-state index in [9.17, 15) is 0 Å². The first-order valence-electron chi connectivity index (χ1n) is 13.3. The number of rotatable bonds is 8. The fourth-order valence-electron chi connectivity index (χ4n) is 5.85. The summed E-state index contributed by atoms with van der Waals surface area (Å²) in [5.41, 5.74) is 3.19. The topological polar surface area (TPSA) is 58.8 Å². The summed E-state index contributed by atoms with van der Waals surface area (Å²) in [4.78, 5) is 14.2. The zero-order chi connectivity index (χ0) is 24.2. The third-order valence-electron chi connectivity index (χ3n) is 7.62. The highest BCUT2D eigenvalue weighted by atomic mass is 16.5. The maximum absolute atomic E-state index is 6.19. The Hall–Kier alpha value is -3.45. The first-order chi connectivity index (χ1) is 17.8. The summed E-state index contributed by atoms with van der Waals surface area (Å²) < 4.78 is 8.00. The van der Waals surface area contributed by atoms with Crippen molar-refractivity contribution in [3.8, 4) is 5.75 Å². The van der Waals surface area contributed by atoms with Crippen LogP contribution in [0.1, 0.15) is 44.1 Å². The molecule has 0 radical (unpaired) electrons. The van der Waals surface area contributed by atoms with Gasteiger partial charge in [-0.1, -0.05) is 42.8 Å². The fourth-order valence-corrected chi connectivity index (χ4v) is 5.85. The Kier molecular flexibility index (Phi) is 6.81. The van der Waals surface area contributed by atoms with E-state index in [-0.39, 0.29) is 0 Å². The van der Waals surface area contributed by atoms with Gasteiger partial charge in [0, 0.05) is 24.3 Å². The summed E-state index contributed by atoms with van der Waals surface area (Å²) in [6.07, 6.45) is 12.9. The van der Waals surface area contributed by atoms with Crippen LogP contribution in [0.4, 0.5) is 11.5 Å². The normalized spacial score (nSPS) is 20.6. The van der Waals surface area contributed by atoms with Gasteiger partial charge < -0.3 is 14.5 Å². The summed E-state index contributed by atoms with van der Waals surface area (Å²) in [6, 6.07) is 19.1. The second-order valence-electron chi connectivity index (χ2n) is 10.1. The molecule has 186 valence electrons. The third-order valence-corrected chi connectivity index (χ3v) is 7.62. The summed E-state index contributed by atoms with van der Waals surface area (Å²) in [5, 5.41) is 4.36. The Bertz CT molecular complexity index is 1270. The maximum atomic E-state index is 6.19. The molecule has 0 N–H and O–H groups in total. The number of likely N-dealkylation sites (tertiary alicyclic amines) is 1. The number of imidazole rings is 1. The number of hydrogen-bond acceptors (Lipinski definition) is 6. The van der Waals surface area contributed by atoms with E-state index in [1.807, 2.05) is 35.0 Å². The molecule has 2 aliphatic rings. The average Bonchev–Trinajstić information content (AvgIpc) is 3.60. The number of anilines is 2. The van der Waals surface area contributed by atoms with Crippen LogP contribution >= 0.6 is 0 Å². The number of benzene rings is 2. The van der Waals surface area contributed by atoms with Crippen LogP contribution in [0.2, 0.25) is 0 Å². The third kappa shape index (κ3) is 5.07. The van der Waals surface area contributed by atoms with E-state index in [2.05, 4.69) is 50.2 Å². The Morgan fingerprint density at radius 2 is 1.86 bits per heavy atom. The van der Waals surface area contributed by atoms with Gasteiger partial charge in [0.1, 0.15) is 30.5 Å². The van der Waals surface area contributed by atoms with Gasteiger partial charge in [0.05, 0.1) is 6.20 Å². The average molecular weight is 483 g/mol. The van der Waals surface area contributed by atoms with E-state index in [0.29, 0.717) is 12.6 Å². The molecule has 1 aliphatic carbocycles. The molecule has 0 bridgehead atoms. The van der Waals surface area contributed by atoms with E-state index in [4.69, 9.17) is 9.72 Å².